The fourth-order valence-corrected chi connectivity index (χ4v) is 13.0. The molecule has 0 bridgehead atoms. The summed E-state index contributed by atoms with van der Waals surface area (Å²) in [6.07, 6.45) is 0. The first-order valence-electron chi connectivity index (χ1n) is 26.1. The van der Waals surface area contributed by atoms with Gasteiger partial charge in [0.1, 0.15) is 22.8 Å². The van der Waals surface area contributed by atoms with Crippen molar-refractivity contribution in [2.75, 3.05) is 0 Å². The summed E-state index contributed by atoms with van der Waals surface area (Å²) in [5.74, 6) is 1.46. The van der Waals surface area contributed by atoms with Crippen molar-refractivity contribution in [2.24, 2.45) is 0 Å². The van der Waals surface area contributed by atoms with Gasteiger partial charge in [-0.2, -0.15) is 0 Å². The first-order chi connectivity index (χ1) is 36.5. The fraction of sp³-hybridized carbons (Fsp3) is 0.114. The van der Waals surface area contributed by atoms with Crippen molar-refractivity contribution < 1.29 is 4.74 Å². The Morgan fingerprint density at radius 1 is 0.293 bits per heavy atom. The molecule has 0 spiro atoms. The van der Waals surface area contributed by atoms with Crippen LogP contribution in [0.15, 0.2) is 182 Å². The zero-order chi connectivity index (χ0) is 51.0. The lowest BCUT2D eigenvalue weighted by atomic mass is 9.83. The number of benzene rings is 10. The molecule has 0 unspecified atom stereocenters. The van der Waals surface area contributed by atoms with Gasteiger partial charge in [0.05, 0.1) is 33.1 Å². The number of aryl methyl sites for hydroxylation is 8. The van der Waals surface area contributed by atoms with E-state index >= 15 is 0 Å². The molecule has 14 aromatic rings. The van der Waals surface area contributed by atoms with Crippen LogP contribution in [0, 0.1) is 55.4 Å². The van der Waals surface area contributed by atoms with Crippen LogP contribution in [0.25, 0.3) is 121 Å². The van der Waals surface area contributed by atoms with Gasteiger partial charge in [0, 0.05) is 32.7 Å². The van der Waals surface area contributed by atoms with Gasteiger partial charge >= 0.3 is 0 Å². The summed E-state index contributed by atoms with van der Waals surface area (Å²) in [7, 11) is 0. The number of fused-ring (bicyclic) bond motifs is 16. The SMILES string of the molecule is Cc1cccc(C)c1-c1ccc2c(c1-c1c(C)cccc1C)c1ccc(Oc3ccc4c(c3)c3nc5ccccc5n3c3ccc(-c5c(C)cccc5C)c(-c5c(C)cccc5C)c43)cc1c1nc3ccccc3n21. The van der Waals surface area contributed by atoms with Crippen molar-refractivity contribution in [1.82, 2.24) is 18.8 Å². The zero-order valence-corrected chi connectivity index (χ0v) is 43.5. The molecule has 10 aromatic carbocycles. The Morgan fingerprint density at radius 3 is 1.01 bits per heavy atom. The molecule has 0 atom stereocenters. The summed E-state index contributed by atoms with van der Waals surface area (Å²) in [6, 6.07) is 66.1. The molecule has 75 heavy (non-hydrogen) atoms. The first kappa shape index (κ1) is 44.6. The summed E-state index contributed by atoms with van der Waals surface area (Å²) in [4.78, 5) is 10.8. The normalized spacial score (nSPS) is 12.0. The molecule has 0 saturated carbocycles. The Hall–Kier alpha value is -9.06. The van der Waals surface area contributed by atoms with E-state index in [9.17, 15) is 0 Å². The third-order valence-corrected chi connectivity index (χ3v) is 16.2. The molecule has 0 radical (unpaired) electrons. The molecule has 5 nitrogen and oxygen atoms in total. The Labute approximate surface area is 436 Å². The monoisotopic (exact) mass is 966 g/mol. The van der Waals surface area contributed by atoms with Crippen LogP contribution in [0.3, 0.4) is 0 Å². The predicted octanol–water partition coefficient (Wildman–Crippen LogP) is 18.8. The smallest absolute Gasteiger partial charge is 0.146 e. The van der Waals surface area contributed by atoms with Crippen molar-refractivity contribution in [1.29, 1.82) is 0 Å². The summed E-state index contributed by atoms with van der Waals surface area (Å²) in [5.41, 5.74) is 28.0. The first-order valence-corrected chi connectivity index (χ1v) is 26.1. The van der Waals surface area contributed by atoms with Crippen molar-refractivity contribution >= 4 is 76.7 Å². The van der Waals surface area contributed by atoms with Gasteiger partial charge in [-0.05, 0) is 217 Å². The second kappa shape index (κ2) is 16.7. The number of aromatic nitrogens is 4. The number of ether oxygens (including phenoxy) is 1. The molecule has 360 valence electrons. The summed E-state index contributed by atoms with van der Waals surface area (Å²) in [6.45, 7) is 17.9. The summed E-state index contributed by atoms with van der Waals surface area (Å²) >= 11 is 0. The number of imidazole rings is 2. The van der Waals surface area contributed by atoms with Crippen molar-refractivity contribution in [3.05, 3.63) is 226 Å². The van der Waals surface area contributed by atoms with E-state index in [0.29, 0.717) is 0 Å². The molecular formula is C70H54N4O. The van der Waals surface area contributed by atoms with Gasteiger partial charge in [0.15, 0.2) is 0 Å². The largest absolute Gasteiger partial charge is 0.457 e. The lowest BCUT2D eigenvalue weighted by molar-refractivity contribution is 0.484. The molecule has 4 aromatic heterocycles. The second-order valence-electron chi connectivity index (χ2n) is 20.9. The van der Waals surface area contributed by atoms with Crippen LogP contribution >= 0.6 is 0 Å². The molecule has 0 saturated heterocycles. The number of pyridine rings is 2. The number of para-hydroxylation sites is 4. The van der Waals surface area contributed by atoms with Gasteiger partial charge in [-0.3, -0.25) is 8.80 Å². The summed E-state index contributed by atoms with van der Waals surface area (Å²) < 4.78 is 11.9. The van der Waals surface area contributed by atoms with E-state index in [0.717, 1.165) is 77.4 Å². The van der Waals surface area contributed by atoms with Crippen LogP contribution in [0.5, 0.6) is 11.5 Å². The molecule has 0 aliphatic rings. The zero-order valence-electron chi connectivity index (χ0n) is 43.5. The number of hydrogen-bond donors (Lipinski definition) is 0. The maximum atomic E-state index is 7.15. The van der Waals surface area contributed by atoms with E-state index in [2.05, 4.69) is 246 Å². The van der Waals surface area contributed by atoms with Gasteiger partial charge in [-0.1, -0.05) is 109 Å². The van der Waals surface area contributed by atoms with E-state index < -0.39 is 0 Å². The number of nitrogens with zero attached hydrogens (tertiary/aromatic N) is 4. The lowest BCUT2D eigenvalue weighted by Gasteiger charge is -2.22. The van der Waals surface area contributed by atoms with Gasteiger partial charge in [0.2, 0.25) is 0 Å². The highest BCUT2D eigenvalue weighted by molar-refractivity contribution is 6.23. The van der Waals surface area contributed by atoms with E-state index in [4.69, 9.17) is 14.7 Å². The minimum absolute atomic E-state index is 0.730. The van der Waals surface area contributed by atoms with Crippen LogP contribution in [-0.4, -0.2) is 18.8 Å². The Bertz CT molecular complexity index is 4400. The average Bonchev–Trinajstić information content (AvgIpc) is 4.00. The van der Waals surface area contributed by atoms with Crippen LogP contribution in [0.4, 0.5) is 0 Å². The van der Waals surface area contributed by atoms with E-state index in [1.807, 2.05) is 0 Å². The van der Waals surface area contributed by atoms with Gasteiger partial charge < -0.3 is 4.74 Å². The topological polar surface area (TPSA) is 43.8 Å². The van der Waals surface area contributed by atoms with Crippen LogP contribution < -0.4 is 4.74 Å². The molecule has 0 aliphatic heterocycles. The van der Waals surface area contributed by atoms with Gasteiger partial charge in [-0.15, -0.1) is 0 Å². The third kappa shape index (κ3) is 6.63. The van der Waals surface area contributed by atoms with Crippen LogP contribution in [0.2, 0.25) is 0 Å². The van der Waals surface area contributed by atoms with E-state index in [1.54, 1.807) is 0 Å². The third-order valence-electron chi connectivity index (χ3n) is 16.2. The van der Waals surface area contributed by atoms with Crippen LogP contribution in [-0.2, 0) is 0 Å². The maximum Gasteiger partial charge on any atom is 0.146 e. The molecule has 0 amide bonds. The highest BCUT2D eigenvalue weighted by Crippen LogP contribution is 2.49. The molecule has 5 heteroatoms. The minimum Gasteiger partial charge on any atom is -0.457 e. The highest BCUT2D eigenvalue weighted by Gasteiger charge is 2.26. The standard InChI is InChI=1S/C70H54N4O/c1-39-17-13-18-40(2)61(39)51-33-35-59-65(67(51)63-43(5)21-15-22-44(63)6)49-31-29-47(37-53(49)69-71-55-25-9-11-27-57(55)73(59)69)75-48-30-32-50-54(38-48)70-72-56-26-10-12-28-58(56)74(70)60-36-34-52(62-41(3)19-14-20-42(62)4)68(66(50)60)64-45(7)23-16-24-46(64)8/h9-38H,1-8H3. The minimum atomic E-state index is 0.730. The summed E-state index contributed by atoms with van der Waals surface area (Å²) in [5, 5.41) is 6.68. The molecule has 4 heterocycles. The fourth-order valence-electron chi connectivity index (χ4n) is 13.0. The maximum absolute atomic E-state index is 7.15. The second-order valence-corrected chi connectivity index (χ2v) is 20.9. The molecule has 14 rings (SSSR count). The highest BCUT2D eigenvalue weighted by atomic mass is 16.5. The lowest BCUT2D eigenvalue weighted by Crippen LogP contribution is -2.00. The Morgan fingerprint density at radius 2 is 0.640 bits per heavy atom. The average molecular weight is 967 g/mol. The Kier molecular flexibility index (Phi) is 9.96. The predicted molar refractivity (Wildman–Crippen MR) is 315 cm³/mol. The van der Waals surface area contributed by atoms with Crippen molar-refractivity contribution in [3.8, 4) is 56.0 Å². The molecule has 0 N–H and O–H groups in total. The van der Waals surface area contributed by atoms with E-state index in [1.165, 1.54) is 99.8 Å². The number of rotatable bonds is 6. The number of hydrogen-bond acceptors (Lipinski definition) is 3. The van der Waals surface area contributed by atoms with Gasteiger partial charge in [0.25, 0.3) is 0 Å². The molecule has 0 fully saturated rings. The molecule has 0 aliphatic carbocycles. The quantitative estimate of drug-likeness (QED) is 0.156. The Balaban J connectivity index is 1.05. The van der Waals surface area contributed by atoms with Crippen molar-refractivity contribution in [2.45, 2.75) is 55.4 Å². The van der Waals surface area contributed by atoms with E-state index in [-0.39, 0.29) is 0 Å². The van der Waals surface area contributed by atoms with Gasteiger partial charge in [-0.25, -0.2) is 9.97 Å². The molecular weight excluding hydrogens is 913 g/mol. The van der Waals surface area contributed by atoms with Crippen molar-refractivity contribution in [3.63, 3.8) is 0 Å². The van der Waals surface area contributed by atoms with Crippen LogP contribution in [0.1, 0.15) is 44.5 Å².